The molecule has 0 spiro atoms. The van der Waals surface area contributed by atoms with Gasteiger partial charge < -0.3 is 10.2 Å². The van der Waals surface area contributed by atoms with Gasteiger partial charge in [0.05, 0.1) is 12.4 Å². The molecule has 5 heteroatoms. The number of carbonyl (C=O) groups is 1. The van der Waals surface area contributed by atoms with Gasteiger partial charge in [-0.2, -0.15) is 0 Å². The molecule has 1 aliphatic heterocycles. The molecule has 1 aliphatic rings. The summed E-state index contributed by atoms with van der Waals surface area (Å²) in [6, 6.07) is 8.07. The highest BCUT2D eigenvalue weighted by atomic mass is 16.2. The Bertz CT molecular complexity index is 669. The Morgan fingerprint density at radius 3 is 2.91 bits per heavy atom. The fourth-order valence-corrected chi connectivity index (χ4v) is 2.81. The van der Waals surface area contributed by atoms with E-state index in [-0.39, 0.29) is 5.91 Å². The number of para-hydroxylation sites is 1. The maximum Gasteiger partial charge on any atom is 0.278 e. The van der Waals surface area contributed by atoms with Crippen LogP contribution in [-0.4, -0.2) is 29.0 Å². The zero-order valence-corrected chi connectivity index (χ0v) is 13.5. The number of aryl methyl sites for hydroxylation is 1. The van der Waals surface area contributed by atoms with Crippen molar-refractivity contribution in [1.82, 2.24) is 9.97 Å². The van der Waals surface area contributed by atoms with Crippen LogP contribution in [0, 0.1) is 0 Å². The molecule has 0 saturated carbocycles. The molecule has 2 aromatic rings. The minimum atomic E-state index is -0.0789. The van der Waals surface area contributed by atoms with Gasteiger partial charge in [-0.1, -0.05) is 31.5 Å². The molecule has 120 valence electrons. The van der Waals surface area contributed by atoms with E-state index in [1.54, 1.807) is 12.4 Å². The van der Waals surface area contributed by atoms with Gasteiger partial charge in [-0.3, -0.25) is 4.79 Å². The lowest BCUT2D eigenvalue weighted by molar-refractivity contribution is 0.0980. The number of unbranched alkanes of at least 4 members (excludes halogenated alkanes) is 1. The highest BCUT2D eigenvalue weighted by Crippen LogP contribution is 2.27. The Morgan fingerprint density at radius 2 is 2.13 bits per heavy atom. The van der Waals surface area contributed by atoms with E-state index in [2.05, 4.69) is 28.3 Å². The first-order valence-electron chi connectivity index (χ1n) is 8.25. The van der Waals surface area contributed by atoms with E-state index in [1.807, 2.05) is 23.1 Å². The van der Waals surface area contributed by atoms with Crippen molar-refractivity contribution < 1.29 is 4.79 Å². The van der Waals surface area contributed by atoms with Crippen molar-refractivity contribution in [2.24, 2.45) is 0 Å². The number of amides is 1. The van der Waals surface area contributed by atoms with Crippen LogP contribution < -0.4 is 10.2 Å². The Balaban J connectivity index is 1.74. The van der Waals surface area contributed by atoms with Crippen LogP contribution in [0.1, 0.15) is 42.2 Å². The van der Waals surface area contributed by atoms with Crippen molar-refractivity contribution in [3.63, 3.8) is 0 Å². The first-order valence-corrected chi connectivity index (χ1v) is 8.25. The van der Waals surface area contributed by atoms with E-state index in [4.69, 9.17) is 0 Å². The molecule has 2 heterocycles. The molecule has 1 aromatic carbocycles. The zero-order valence-electron chi connectivity index (χ0n) is 13.5. The van der Waals surface area contributed by atoms with Crippen LogP contribution in [0.25, 0.3) is 0 Å². The average Bonchev–Trinajstić information content (AvgIpc) is 2.61. The van der Waals surface area contributed by atoms with Crippen LogP contribution >= 0.6 is 0 Å². The van der Waals surface area contributed by atoms with Gasteiger partial charge in [0, 0.05) is 18.8 Å². The largest absolute Gasteiger partial charge is 0.369 e. The van der Waals surface area contributed by atoms with Crippen molar-refractivity contribution in [2.45, 2.75) is 32.6 Å². The van der Waals surface area contributed by atoms with Gasteiger partial charge in [-0.15, -0.1) is 0 Å². The van der Waals surface area contributed by atoms with Gasteiger partial charge in [0.1, 0.15) is 11.5 Å². The number of fused-ring (bicyclic) bond motifs is 1. The van der Waals surface area contributed by atoms with E-state index in [0.29, 0.717) is 11.5 Å². The third-order valence-corrected chi connectivity index (χ3v) is 4.06. The highest BCUT2D eigenvalue weighted by molar-refractivity contribution is 6.05. The summed E-state index contributed by atoms with van der Waals surface area (Å²) in [4.78, 5) is 23.1. The Labute approximate surface area is 136 Å². The summed E-state index contributed by atoms with van der Waals surface area (Å²) >= 11 is 0. The predicted molar refractivity (Wildman–Crippen MR) is 91.9 cm³/mol. The predicted octanol–water partition coefficient (Wildman–Crippen LogP) is 3.28. The zero-order chi connectivity index (χ0) is 16.1. The molecule has 1 amide bonds. The summed E-state index contributed by atoms with van der Waals surface area (Å²) in [5, 5.41) is 3.21. The van der Waals surface area contributed by atoms with Crippen LogP contribution in [0.15, 0.2) is 36.7 Å². The number of carbonyl (C=O) groups excluding carboxylic acids is 1. The number of anilines is 2. The number of hydrogen-bond donors (Lipinski definition) is 1. The summed E-state index contributed by atoms with van der Waals surface area (Å²) in [6.45, 7) is 3.75. The molecule has 0 aliphatic carbocycles. The minimum absolute atomic E-state index is 0.0789. The smallest absolute Gasteiger partial charge is 0.278 e. The van der Waals surface area contributed by atoms with Crippen molar-refractivity contribution >= 4 is 17.4 Å². The Kier molecular flexibility index (Phi) is 4.86. The van der Waals surface area contributed by atoms with Crippen molar-refractivity contribution in [3.05, 3.63) is 47.9 Å². The number of hydrogen-bond acceptors (Lipinski definition) is 4. The normalized spacial score (nSPS) is 13.5. The second-order valence-corrected chi connectivity index (χ2v) is 5.76. The lowest BCUT2D eigenvalue weighted by Crippen LogP contribution is -2.36. The van der Waals surface area contributed by atoms with E-state index in [0.717, 1.165) is 44.5 Å². The van der Waals surface area contributed by atoms with Crippen molar-refractivity contribution in [2.75, 3.05) is 23.3 Å². The number of nitrogens with one attached hydrogen (secondary N) is 1. The second kappa shape index (κ2) is 7.22. The monoisotopic (exact) mass is 310 g/mol. The van der Waals surface area contributed by atoms with Crippen molar-refractivity contribution in [1.29, 1.82) is 0 Å². The highest BCUT2D eigenvalue weighted by Gasteiger charge is 2.24. The molecular weight excluding hydrogens is 288 g/mol. The summed E-state index contributed by atoms with van der Waals surface area (Å²) in [6.07, 6.45) is 7.42. The Hall–Kier alpha value is -2.43. The minimum Gasteiger partial charge on any atom is -0.369 e. The molecule has 23 heavy (non-hydrogen) atoms. The summed E-state index contributed by atoms with van der Waals surface area (Å²) in [5.74, 6) is 0.638. The molecule has 1 N–H and O–H groups in total. The maximum atomic E-state index is 12.7. The lowest BCUT2D eigenvalue weighted by atomic mass is 10.0. The summed E-state index contributed by atoms with van der Waals surface area (Å²) in [5.41, 5.74) is 2.61. The number of nitrogens with zero attached hydrogens (tertiary/aromatic N) is 3. The fraction of sp³-hybridized carbons (Fsp3) is 0.389. The molecule has 5 nitrogen and oxygen atoms in total. The van der Waals surface area contributed by atoms with E-state index >= 15 is 0 Å². The van der Waals surface area contributed by atoms with Crippen LogP contribution in [0.5, 0.6) is 0 Å². The lowest BCUT2D eigenvalue weighted by Gasteiger charge is -2.29. The van der Waals surface area contributed by atoms with Crippen molar-refractivity contribution in [3.8, 4) is 0 Å². The Morgan fingerprint density at radius 1 is 1.26 bits per heavy atom. The fourth-order valence-electron chi connectivity index (χ4n) is 2.81. The molecule has 3 rings (SSSR count). The van der Waals surface area contributed by atoms with Gasteiger partial charge in [0.15, 0.2) is 0 Å². The first-order chi connectivity index (χ1) is 11.3. The van der Waals surface area contributed by atoms with E-state index in [1.165, 1.54) is 5.56 Å². The molecule has 0 saturated heterocycles. The molecule has 0 unspecified atom stereocenters. The summed E-state index contributed by atoms with van der Waals surface area (Å²) in [7, 11) is 0. The van der Waals surface area contributed by atoms with Gasteiger partial charge in [0.2, 0.25) is 0 Å². The number of aromatic nitrogens is 2. The third kappa shape index (κ3) is 3.50. The van der Waals surface area contributed by atoms with E-state index in [9.17, 15) is 4.79 Å². The topological polar surface area (TPSA) is 58.1 Å². The first kappa shape index (κ1) is 15.5. The second-order valence-electron chi connectivity index (χ2n) is 5.76. The molecule has 0 radical (unpaired) electrons. The molecule has 0 bridgehead atoms. The van der Waals surface area contributed by atoms with Gasteiger partial charge >= 0.3 is 0 Å². The SMILES string of the molecule is CCCCNc1cnc(C(=O)N2CCCc3ccccc32)cn1. The molecule has 0 fully saturated rings. The van der Waals surface area contributed by atoms with E-state index < -0.39 is 0 Å². The molecular formula is C18H22N4O. The van der Waals surface area contributed by atoms with Gasteiger partial charge in [-0.05, 0) is 30.9 Å². The molecule has 0 atom stereocenters. The number of benzene rings is 1. The van der Waals surface area contributed by atoms with Gasteiger partial charge in [0.25, 0.3) is 5.91 Å². The number of rotatable bonds is 5. The van der Waals surface area contributed by atoms with Crippen LogP contribution in [0.4, 0.5) is 11.5 Å². The van der Waals surface area contributed by atoms with Crippen LogP contribution in [0.2, 0.25) is 0 Å². The molecule has 1 aromatic heterocycles. The average molecular weight is 310 g/mol. The summed E-state index contributed by atoms with van der Waals surface area (Å²) < 4.78 is 0. The maximum absolute atomic E-state index is 12.7. The van der Waals surface area contributed by atoms with Gasteiger partial charge in [-0.25, -0.2) is 9.97 Å². The van der Waals surface area contributed by atoms with Crippen LogP contribution in [0.3, 0.4) is 0 Å². The quantitative estimate of drug-likeness (QED) is 0.861. The van der Waals surface area contributed by atoms with Crippen LogP contribution in [-0.2, 0) is 6.42 Å². The third-order valence-electron chi connectivity index (χ3n) is 4.06. The standard InChI is InChI=1S/C18H22N4O/c1-2-3-10-19-17-13-20-15(12-21-17)18(23)22-11-6-8-14-7-4-5-9-16(14)22/h4-5,7,9,12-13H,2-3,6,8,10-11H2,1H3,(H,19,21).